The molecule has 1 aliphatic rings. The van der Waals surface area contributed by atoms with Gasteiger partial charge in [-0.2, -0.15) is 0 Å². The third kappa shape index (κ3) is 4.47. The van der Waals surface area contributed by atoms with Crippen molar-refractivity contribution in [3.05, 3.63) is 0 Å². The first-order valence-corrected chi connectivity index (χ1v) is 6.89. The first-order valence-electron chi connectivity index (χ1n) is 6.89. The predicted molar refractivity (Wildman–Crippen MR) is 70.9 cm³/mol. The van der Waals surface area contributed by atoms with Crippen LogP contribution in [0, 0.1) is 0 Å². The number of amides is 1. The summed E-state index contributed by atoms with van der Waals surface area (Å²) in [5, 5.41) is 15.0. The molecule has 1 heterocycles. The van der Waals surface area contributed by atoms with Crippen LogP contribution in [0.1, 0.15) is 39.5 Å². The molecule has 19 heavy (non-hydrogen) atoms. The zero-order valence-corrected chi connectivity index (χ0v) is 11.7. The van der Waals surface area contributed by atoms with Crippen LogP contribution in [0.25, 0.3) is 0 Å². The Labute approximate surface area is 113 Å². The van der Waals surface area contributed by atoms with E-state index in [-0.39, 0.29) is 18.5 Å². The quantitative estimate of drug-likeness (QED) is 0.628. The fourth-order valence-corrected chi connectivity index (χ4v) is 2.25. The van der Waals surface area contributed by atoms with Crippen molar-refractivity contribution in [3.8, 4) is 0 Å². The van der Waals surface area contributed by atoms with Gasteiger partial charge in [0.15, 0.2) is 0 Å². The number of nitrogens with one attached hydrogen (secondary N) is 2. The van der Waals surface area contributed by atoms with Gasteiger partial charge in [0, 0.05) is 19.3 Å². The van der Waals surface area contributed by atoms with Crippen LogP contribution in [-0.2, 0) is 14.3 Å². The highest BCUT2D eigenvalue weighted by Gasteiger charge is 2.34. The van der Waals surface area contributed by atoms with E-state index in [1.807, 2.05) is 0 Å². The first-order chi connectivity index (χ1) is 9.04. The summed E-state index contributed by atoms with van der Waals surface area (Å²) in [6.07, 6.45) is 2.53. The molecule has 0 aromatic heterocycles. The molecule has 6 heteroatoms. The number of hydrogen-bond donors (Lipinski definition) is 3. The number of aliphatic carboxylic acids is 1. The van der Waals surface area contributed by atoms with Crippen LogP contribution in [0.5, 0.6) is 0 Å². The van der Waals surface area contributed by atoms with Gasteiger partial charge < -0.3 is 15.2 Å². The molecule has 0 aromatic rings. The number of ether oxygens (including phenoxy) is 1. The molecule has 0 unspecified atom stereocenters. The summed E-state index contributed by atoms with van der Waals surface area (Å²) >= 11 is 0. The minimum Gasteiger partial charge on any atom is -0.480 e. The largest absolute Gasteiger partial charge is 0.480 e. The first kappa shape index (κ1) is 15.9. The molecule has 0 saturated carbocycles. The summed E-state index contributed by atoms with van der Waals surface area (Å²) in [7, 11) is 0. The molecule has 0 atom stereocenters. The molecule has 0 spiro atoms. The maximum absolute atomic E-state index is 11.8. The highest BCUT2D eigenvalue weighted by atomic mass is 16.5. The van der Waals surface area contributed by atoms with Crippen LogP contribution in [0.2, 0.25) is 0 Å². The van der Waals surface area contributed by atoms with Gasteiger partial charge in [-0.05, 0) is 25.7 Å². The van der Waals surface area contributed by atoms with E-state index in [1.165, 1.54) is 0 Å². The van der Waals surface area contributed by atoms with Gasteiger partial charge >= 0.3 is 5.97 Å². The van der Waals surface area contributed by atoms with Crippen LogP contribution in [0.4, 0.5) is 0 Å². The SMILES string of the molecule is CCC(CC)(NCC(=O)NC1CCOCC1)C(=O)O. The normalized spacial score (nSPS) is 17.2. The highest BCUT2D eigenvalue weighted by molar-refractivity contribution is 5.82. The summed E-state index contributed by atoms with van der Waals surface area (Å²) in [5.74, 6) is -1.06. The topological polar surface area (TPSA) is 87.7 Å². The van der Waals surface area contributed by atoms with Gasteiger partial charge in [-0.25, -0.2) is 0 Å². The average molecular weight is 272 g/mol. The Kier molecular flexibility index (Phi) is 6.24. The maximum Gasteiger partial charge on any atom is 0.323 e. The predicted octanol–water partition coefficient (Wildman–Crippen LogP) is 0.515. The molecule has 110 valence electrons. The molecule has 0 aromatic carbocycles. The molecule has 6 nitrogen and oxygen atoms in total. The smallest absolute Gasteiger partial charge is 0.323 e. The Hall–Kier alpha value is -1.14. The second-order valence-electron chi connectivity index (χ2n) is 4.90. The number of carboxylic acid groups (broad SMARTS) is 1. The van der Waals surface area contributed by atoms with Gasteiger partial charge in [-0.3, -0.25) is 14.9 Å². The highest BCUT2D eigenvalue weighted by Crippen LogP contribution is 2.15. The molecule has 1 rings (SSSR count). The monoisotopic (exact) mass is 272 g/mol. The molecule has 1 fully saturated rings. The lowest BCUT2D eigenvalue weighted by molar-refractivity contribution is -0.145. The standard InChI is InChI=1S/C13H24N2O4/c1-3-13(4-2,12(17)18)14-9-11(16)15-10-5-7-19-8-6-10/h10,14H,3-9H2,1-2H3,(H,15,16)(H,17,18). The summed E-state index contributed by atoms with van der Waals surface area (Å²) in [5.41, 5.74) is -1.01. The van der Waals surface area contributed by atoms with Crippen molar-refractivity contribution < 1.29 is 19.4 Å². The Bertz CT molecular complexity index is 310. The van der Waals surface area contributed by atoms with Gasteiger partial charge in [-0.15, -0.1) is 0 Å². The third-order valence-corrected chi connectivity index (χ3v) is 3.79. The lowest BCUT2D eigenvalue weighted by Gasteiger charge is -2.29. The summed E-state index contributed by atoms with van der Waals surface area (Å²) in [4.78, 5) is 23.1. The lowest BCUT2D eigenvalue weighted by atomic mass is 9.93. The molecule has 0 aliphatic carbocycles. The molecule has 1 aliphatic heterocycles. The summed E-state index contributed by atoms with van der Waals surface area (Å²) in [6.45, 7) is 4.98. The molecule has 0 bridgehead atoms. The van der Waals surface area contributed by atoms with Crippen LogP contribution in [0.15, 0.2) is 0 Å². The van der Waals surface area contributed by atoms with Crippen LogP contribution >= 0.6 is 0 Å². The fraction of sp³-hybridized carbons (Fsp3) is 0.846. The van der Waals surface area contributed by atoms with Crippen molar-refractivity contribution >= 4 is 11.9 Å². The third-order valence-electron chi connectivity index (χ3n) is 3.79. The lowest BCUT2D eigenvalue weighted by Crippen LogP contribution is -2.55. The Balaban J connectivity index is 2.41. The Morgan fingerprint density at radius 3 is 2.32 bits per heavy atom. The van der Waals surface area contributed by atoms with E-state index in [9.17, 15) is 14.7 Å². The van der Waals surface area contributed by atoms with Crippen molar-refractivity contribution in [2.24, 2.45) is 0 Å². The fourth-order valence-electron chi connectivity index (χ4n) is 2.25. The van der Waals surface area contributed by atoms with Crippen molar-refractivity contribution in [1.82, 2.24) is 10.6 Å². The van der Waals surface area contributed by atoms with Gasteiger partial charge in [0.1, 0.15) is 5.54 Å². The maximum atomic E-state index is 11.8. The van der Waals surface area contributed by atoms with Crippen LogP contribution < -0.4 is 10.6 Å². The summed E-state index contributed by atoms with van der Waals surface area (Å²) in [6, 6.07) is 0.144. The van der Waals surface area contributed by atoms with Crippen molar-refractivity contribution in [2.75, 3.05) is 19.8 Å². The molecule has 1 saturated heterocycles. The Morgan fingerprint density at radius 2 is 1.84 bits per heavy atom. The van der Waals surface area contributed by atoms with E-state index < -0.39 is 11.5 Å². The minimum absolute atomic E-state index is 0.0331. The zero-order valence-electron chi connectivity index (χ0n) is 11.7. The molecule has 1 amide bonds. The molecular formula is C13H24N2O4. The van der Waals surface area contributed by atoms with E-state index in [0.717, 1.165) is 12.8 Å². The number of carboxylic acids is 1. The van der Waals surface area contributed by atoms with E-state index >= 15 is 0 Å². The number of rotatable bonds is 7. The van der Waals surface area contributed by atoms with Crippen molar-refractivity contribution in [1.29, 1.82) is 0 Å². The van der Waals surface area contributed by atoms with Crippen LogP contribution in [0.3, 0.4) is 0 Å². The molecular weight excluding hydrogens is 248 g/mol. The van der Waals surface area contributed by atoms with E-state index in [0.29, 0.717) is 26.1 Å². The van der Waals surface area contributed by atoms with Gasteiger partial charge in [0.05, 0.1) is 6.54 Å². The minimum atomic E-state index is -1.01. The van der Waals surface area contributed by atoms with E-state index in [1.54, 1.807) is 13.8 Å². The van der Waals surface area contributed by atoms with Gasteiger partial charge in [-0.1, -0.05) is 13.8 Å². The van der Waals surface area contributed by atoms with Crippen LogP contribution in [-0.4, -0.2) is 48.3 Å². The van der Waals surface area contributed by atoms with Gasteiger partial charge in [0.25, 0.3) is 0 Å². The van der Waals surface area contributed by atoms with Crippen molar-refractivity contribution in [2.45, 2.75) is 51.1 Å². The van der Waals surface area contributed by atoms with E-state index in [4.69, 9.17) is 4.74 Å². The second-order valence-corrected chi connectivity index (χ2v) is 4.90. The number of carbonyl (C=O) groups is 2. The van der Waals surface area contributed by atoms with Gasteiger partial charge in [0.2, 0.25) is 5.91 Å². The average Bonchev–Trinajstić information content (AvgIpc) is 2.41. The summed E-state index contributed by atoms with van der Waals surface area (Å²) < 4.78 is 5.22. The molecule has 3 N–H and O–H groups in total. The number of carbonyl (C=O) groups excluding carboxylic acids is 1. The van der Waals surface area contributed by atoms with Crippen molar-refractivity contribution in [3.63, 3.8) is 0 Å². The number of hydrogen-bond acceptors (Lipinski definition) is 4. The zero-order chi connectivity index (χ0) is 14.3. The van der Waals surface area contributed by atoms with E-state index in [2.05, 4.69) is 10.6 Å². The second kappa shape index (κ2) is 7.45. The Morgan fingerprint density at radius 1 is 1.26 bits per heavy atom. The molecule has 0 radical (unpaired) electrons.